The lowest BCUT2D eigenvalue weighted by atomic mass is 10.0. The van der Waals surface area contributed by atoms with Crippen LogP contribution in [-0.2, 0) is 13.0 Å². The fourth-order valence-corrected chi connectivity index (χ4v) is 2.64. The minimum Gasteiger partial charge on any atom is -0.315 e. The molecule has 0 radical (unpaired) electrons. The van der Waals surface area contributed by atoms with Gasteiger partial charge in [-0.05, 0) is 17.5 Å². The van der Waals surface area contributed by atoms with Crippen LogP contribution in [0.15, 0.2) is 24.3 Å². The first-order valence-electron chi connectivity index (χ1n) is 7.07. The van der Waals surface area contributed by atoms with E-state index in [-0.39, 0.29) is 13.1 Å². The molecule has 0 aromatic heterocycles. The third-order valence-corrected chi connectivity index (χ3v) is 3.83. The van der Waals surface area contributed by atoms with Crippen LogP contribution < -0.4 is 5.32 Å². The average molecular weight is 286 g/mol. The Morgan fingerprint density at radius 3 is 2.60 bits per heavy atom. The topological polar surface area (TPSA) is 15.3 Å². The molecule has 0 spiro atoms. The molecule has 1 unspecified atom stereocenters. The molecular weight excluding hydrogens is 265 g/mol. The summed E-state index contributed by atoms with van der Waals surface area (Å²) in [5, 5.41) is 2.89. The lowest BCUT2D eigenvalue weighted by Gasteiger charge is -2.26. The molecule has 1 fully saturated rings. The molecule has 0 aliphatic carbocycles. The van der Waals surface area contributed by atoms with Crippen LogP contribution in [0.5, 0.6) is 0 Å². The Morgan fingerprint density at radius 1 is 1.25 bits per heavy atom. The van der Waals surface area contributed by atoms with Crippen molar-refractivity contribution >= 4 is 0 Å². The van der Waals surface area contributed by atoms with Crippen molar-refractivity contribution in [2.45, 2.75) is 26.1 Å². The van der Waals surface area contributed by atoms with E-state index in [9.17, 15) is 13.2 Å². The summed E-state index contributed by atoms with van der Waals surface area (Å²) in [6, 6.07) is 7.99. The number of aryl methyl sites for hydroxylation is 1. The van der Waals surface area contributed by atoms with E-state index in [0.29, 0.717) is 19.6 Å². The molecule has 1 aromatic rings. The van der Waals surface area contributed by atoms with Crippen LogP contribution in [0.3, 0.4) is 0 Å². The van der Waals surface area contributed by atoms with Gasteiger partial charge >= 0.3 is 6.18 Å². The minimum atomic E-state index is -4.13. The Morgan fingerprint density at radius 2 is 1.95 bits per heavy atom. The van der Waals surface area contributed by atoms with Gasteiger partial charge in [0.1, 0.15) is 0 Å². The van der Waals surface area contributed by atoms with E-state index in [1.165, 1.54) is 5.56 Å². The summed E-state index contributed by atoms with van der Waals surface area (Å²) >= 11 is 0. The lowest BCUT2D eigenvalue weighted by molar-refractivity contribution is -0.176. The number of hydrogen-bond donors (Lipinski definition) is 1. The number of halogens is 3. The molecule has 1 aliphatic heterocycles. The van der Waals surface area contributed by atoms with Gasteiger partial charge in [0, 0.05) is 32.7 Å². The lowest BCUT2D eigenvalue weighted by Crippen LogP contribution is -2.38. The molecule has 2 nitrogen and oxygen atoms in total. The number of benzene rings is 1. The average Bonchev–Trinajstić information content (AvgIpc) is 2.64. The summed E-state index contributed by atoms with van der Waals surface area (Å²) in [7, 11) is 0. The zero-order chi connectivity index (χ0) is 14.6. The van der Waals surface area contributed by atoms with Crippen molar-refractivity contribution in [3.05, 3.63) is 35.4 Å². The highest BCUT2D eigenvalue weighted by atomic mass is 19.4. The monoisotopic (exact) mass is 286 g/mol. The number of rotatable bonds is 3. The Balaban J connectivity index is 2.07. The van der Waals surface area contributed by atoms with Gasteiger partial charge in [0.15, 0.2) is 0 Å². The SMILES string of the molecule is CCc1ccccc1CN1CCNCC(C(F)(F)F)C1. The van der Waals surface area contributed by atoms with Gasteiger partial charge in [0.05, 0.1) is 5.92 Å². The third kappa shape index (κ3) is 3.96. The number of nitrogens with one attached hydrogen (secondary N) is 1. The standard InChI is InChI=1S/C15H21F3N2/c1-2-12-5-3-4-6-13(12)10-20-8-7-19-9-14(11-20)15(16,17)18/h3-6,14,19H,2,7-11H2,1H3. The second-order valence-corrected chi connectivity index (χ2v) is 5.30. The summed E-state index contributed by atoms with van der Waals surface area (Å²) in [5.41, 5.74) is 2.35. The van der Waals surface area contributed by atoms with E-state index in [1.807, 2.05) is 29.2 Å². The molecule has 1 N–H and O–H groups in total. The first-order chi connectivity index (χ1) is 9.50. The van der Waals surface area contributed by atoms with Gasteiger partial charge in [-0.15, -0.1) is 0 Å². The predicted octanol–water partition coefficient (Wildman–Crippen LogP) is 2.83. The highest BCUT2D eigenvalue weighted by Crippen LogP contribution is 2.28. The maximum atomic E-state index is 12.9. The highest BCUT2D eigenvalue weighted by Gasteiger charge is 2.40. The first kappa shape index (κ1) is 15.3. The smallest absolute Gasteiger partial charge is 0.315 e. The van der Waals surface area contributed by atoms with Crippen LogP contribution in [-0.4, -0.2) is 37.3 Å². The summed E-state index contributed by atoms with van der Waals surface area (Å²) in [6.07, 6.45) is -3.22. The molecule has 0 amide bonds. The molecule has 2 rings (SSSR count). The second kappa shape index (κ2) is 6.59. The molecule has 5 heteroatoms. The zero-order valence-corrected chi connectivity index (χ0v) is 11.7. The molecular formula is C15H21F3N2. The molecule has 20 heavy (non-hydrogen) atoms. The van der Waals surface area contributed by atoms with Gasteiger partial charge in [0.2, 0.25) is 0 Å². The molecule has 1 saturated heterocycles. The molecule has 0 bridgehead atoms. The van der Waals surface area contributed by atoms with Crippen molar-refractivity contribution in [1.29, 1.82) is 0 Å². The summed E-state index contributed by atoms with van der Waals surface area (Å²) in [5.74, 6) is -1.28. The Bertz CT molecular complexity index is 431. The summed E-state index contributed by atoms with van der Waals surface area (Å²) < 4.78 is 38.7. The van der Waals surface area contributed by atoms with Crippen molar-refractivity contribution in [2.75, 3.05) is 26.2 Å². The van der Waals surface area contributed by atoms with E-state index in [1.54, 1.807) is 0 Å². The van der Waals surface area contributed by atoms with E-state index >= 15 is 0 Å². The molecule has 1 heterocycles. The third-order valence-electron chi connectivity index (χ3n) is 3.83. The molecule has 1 aliphatic rings. The molecule has 1 aromatic carbocycles. The van der Waals surface area contributed by atoms with Crippen molar-refractivity contribution in [3.8, 4) is 0 Å². The van der Waals surface area contributed by atoms with Gasteiger partial charge in [-0.25, -0.2) is 0 Å². The van der Waals surface area contributed by atoms with Crippen molar-refractivity contribution in [1.82, 2.24) is 10.2 Å². The van der Waals surface area contributed by atoms with Crippen molar-refractivity contribution < 1.29 is 13.2 Å². The quantitative estimate of drug-likeness (QED) is 0.919. The first-order valence-corrected chi connectivity index (χ1v) is 7.07. The predicted molar refractivity (Wildman–Crippen MR) is 73.5 cm³/mol. The van der Waals surface area contributed by atoms with Gasteiger partial charge in [-0.3, -0.25) is 4.90 Å². The zero-order valence-electron chi connectivity index (χ0n) is 11.7. The van der Waals surface area contributed by atoms with Gasteiger partial charge < -0.3 is 5.32 Å². The highest BCUT2D eigenvalue weighted by molar-refractivity contribution is 5.26. The fraction of sp³-hybridized carbons (Fsp3) is 0.600. The van der Waals surface area contributed by atoms with Gasteiger partial charge in [-0.2, -0.15) is 13.2 Å². The number of alkyl halides is 3. The van der Waals surface area contributed by atoms with Crippen LogP contribution in [0, 0.1) is 5.92 Å². The molecule has 1 atom stereocenters. The van der Waals surface area contributed by atoms with E-state index in [0.717, 1.165) is 12.0 Å². The molecule has 0 saturated carbocycles. The Labute approximate surface area is 118 Å². The number of nitrogens with zero attached hydrogens (tertiary/aromatic N) is 1. The maximum Gasteiger partial charge on any atom is 0.394 e. The van der Waals surface area contributed by atoms with Crippen LogP contribution >= 0.6 is 0 Å². The normalized spacial score (nSPS) is 21.7. The van der Waals surface area contributed by atoms with Crippen LogP contribution in [0.4, 0.5) is 13.2 Å². The maximum absolute atomic E-state index is 12.9. The largest absolute Gasteiger partial charge is 0.394 e. The Kier molecular flexibility index (Phi) is 5.05. The van der Waals surface area contributed by atoms with E-state index in [2.05, 4.69) is 12.2 Å². The summed E-state index contributed by atoms with van der Waals surface area (Å²) in [4.78, 5) is 1.91. The Hall–Kier alpha value is -1.07. The summed E-state index contributed by atoms with van der Waals surface area (Å²) in [6.45, 7) is 4.04. The van der Waals surface area contributed by atoms with E-state index < -0.39 is 12.1 Å². The van der Waals surface area contributed by atoms with Gasteiger partial charge in [0.25, 0.3) is 0 Å². The molecule has 112 valence electrons. The van der Waals surface area contributed by atoms with Crippen LogP contribution in [0.1, 0.15) is 18.1 Å². The van der Waals surface area contributed by atoms with Crippen LogP contribution in [0.25, 0.3) is 0 Å². The van der Waals surface area contributed by atoms with Crippen molar-refractivity contribution in [2.24, 2.45) is 5.92 Å². The minimum absolute atomic E-state index is 0.0232. The van der Waals surface area contributed by atoms with Crippen molar-refractivity contribution in [3.63, 3.8) is 0 Å². The van der Waals surface area contributed by atoms with E-state index in [4.69, 9.17) is 0 Å². The van der Waals surface area contributed by atoms with Gasteiger partial charge in [-0.1, -0.05) is 31.2 Å². The number of hydrogen-bond acceptors (Lipinski definition) is 2. The second-order valence-electron chi connectivity index (χ2n) is 5.30. The fourth-order valence-electron chi connectivity index (χ4n) is 2.64. The van der Waals surface area contributed by atoms with Crippen LogP contribution in [0.2, 0.25) is 0 Å².